The van der Waals surface area contributed by atoms with Crippen molar-refractivity contribution >= 4 is 5.82 Å². The largest absolute Gasteiger partial charge is 0.436 e. The molecule has 0 saturated carbocycles. The molecule has 1 aromatic heterocycles. The number of benzene rings is 1. The first-order chi connectivity index (χ1) is 9.93. The fraction of sp³-hybridized carbons (Fsp3) is 0.312. The maximum Gasteiger partial charge on any atom is 0.258 e. The number of ether oxygens (including phenoxy) is 1. The zero-order valence-corrected chi connectivity index (χ0v) is 12.6. The van der Waals surface area contributed by atoms with Crippen molar-refractivity contribution in [2.45, 2.75) is 27.7 Å². The Morgan fingerprint density at radius 3 is 2.43 bits per heavy atom. The summed E-state index contributed by atoms with van der Waals surface area (Å²) in [6.45, 7) is 8.00. The van der Waals surface area contributed by atoms with Crippen molar-refractivity contribution in [2.24, 2.45) is 0 Å². The molecule has 0 aliphatic heterocycles. The number of hydrogen-bond acceptors (Lipinski definition) is 3. The van der Waals surface area contributed by atoms with Crippen LogP contribution in [0.25, 0.3) is 0 Å². The fourth-order valence-corrected chi connectivity index (χ4v) is 1.99. The number of pyridine rings is 1. The third kappa shape index (κ3) is 3.12. The van der Waals surface area contributed by atoms with Crippen molar-refractivity contribution in [1.82, 2.24) is 4.98 Å². The summed E-state index contributed by atoms with van der Waals surface area (Å²) in [7, 11) is 0. The molecule has 5 heteroatoms. The van der Waals surface area contributed by atoms with E-state index in [1.807, 2.05) is 32.9 Å². The average molecular weight is 292 g/mol. The Morgan fingerprint density at radius 1 is 1.10 bits per heavy atom. The van der Waals surface area contributed by atoms with Crippen LogP contribution in [0.1, 0.15) is 23.6 Å². The second-order valence-electron chi connectivity index (χ2n) is 4.89. The van der Waals surface area contributed by atoms with Gasteiger partial charge in [0.1, 0.15) is 5.75 Å². The zero-order valence-electron chi connectivity index (χ0n) is 12.6. The van der Waals surface area contributed by atoms with Gasteiger partial charge in [-0.1, -0.05) is 12.1 Å². The molecular weight excluding hydrogens is 274 g/mol. The van der Waals surface area contributed by atoms with E-state index in [-0.39, 0.29) is 11.7 Å². The van der Waals surface area contributed by atoms with Crippen molar-refractivity contribution in [3.8, 4) is 11.6 Å². The second-order valence-corrected chi connectivity index (χ2v) is 4.89. The monoisotopic (exact) mass is 292 g/mol. The van der Waals surface area contributed by atoms with Crippen LogP contribution in [-0.2, 0) is 0 Å². The minimum atomic E-state index is -0.825. The van der Waals surface area contributed by atoms with Gasteiger partial charge in [-0.05, 0) is 44.4 Å². The van der Waals surface area contributed by atoms with Gasteiger partial charge in [-0.25, -0.2) is 8.78 Å². The van der Waals surface area contributed by atoms with Gasteiger partial charge in [-0.2, -0.15) is 4.98 Å². The third-order valence-corrected chi connectivity index (χ3v) is 3.31. The van der Waals surface area contributed by atoms with Gasteiger partial charge >= 0.3 is 0 Å². The van der Waals surface area contributed by atoms with Crippen LogP contribution in [0.4, 0.5) is 14.6 Å². The maximum absolute atomic E-state index is 13.9. The fourth-order valence-electron chi connectivity index (χ4n) is 1.99. The van der Waals surface area contributed by atoms with Crippen LogP contribution in [0.15, 0.2) is 18.2 Å². The van der Waals surface area contributed by atoms with Crippen molar-refractivity contribution < 1.29 is 13.5 Å². The summed E-state index contributed by atoms with van der Waals surface area (Å²) in [6.07, 6.45) is 0. The third-order valence-electron chi connectivity index (χ3n) is 3.31. The van der Waals surface area contributed by atoms with E-state index < -0.39 is 11.6 Å². The molecule has 0 spiro atoms. The number of aromatic nitrogens is 1. The molecule has 0 bridgehead atoms. The van der Waals surface area contributed by atoms with Crippen molar-refractivity contribution in [3.63, 3.8) is 0 Å². The Hall–Kier alpha value is -2.17. The quantitative estimate of drug-likeness (QED) is 0.900. The van der Waals surface area contributed by atoms with E-state index in [4.69, 9.17) is 4.74 Å². The van der Waals surface area contributed by atoms with Crippen molar-refractivity contribution in [2.75, 3.05) is 11.9 Å². The van der Waals surface area contributed by atoms with Crippen molar-refractivity contribution in [3.05, 3.63) is 46.5 Å². The molecule has 1 heterocycles. The SMILES string of the molecule is CCNc1nc(Oc2c(C)ccc(C)c2C)c(F)cc1F. The minimum absolute atomic E-state index is 0.0168. The molecule has 3 nitrogen and oxygen atoms in total. The molecule has 0 fully saturated rings. The normalized spacial score (nSPS) is 10.6. The zero-order chi connectivity index (χ0) is 15.6. The highest BCUT2D eigenvalue weighted by molar-refractivity contribution is 5.47. The Balaban J connectivity index is 2.44. The van der Waals surface area contributed by atoms with Crippen LogP contribution in [0, 0.1) is 32.4 Å². The molecule has 0 aliphatic carbocycles. The lowest BCUT2D eigenvalue weighted by molar-refractivity contribution is 0.413. The van der Waals surface area contributed by atoms with Gasteiger partial charge in [0, 0.05) is 12.6 Å². The molecule has 2 aromatic rings. The summed E-state index contributed by atoms with van der Waals surface area (Å²) in [5.41, 5.74) is 2.81. The first kappa shape index (κ1) is 15.2. The second kappa shape index (κ2) is 6.08. The number of rotatable bonds is 4. The molecule has 0 aliphatic rings. The lowest BCUT2D eigenvalue weighted by Crippen LogP contribution is -2.05. The number of hydrogen-bond donors (Lipinski definition) is 1. The lowest BCUT2D eigenvalue weighted by Gasteiger charge is -2.14. The molecule has 0 unspecified atom stereocenters. The Labute approximate surface area is 123 Å². The summed E-state index contributed by atoms with van der Waals surface area (Å²) in [5, 5.41) is 2.74. The number of nitrogens with zero attached hydrogens (tertiary/aromatic N) is 1. The van der Waals surface area contributed by atoms with E-state index in [2.05, 4.69) is 10.3 Å². The summed E-state index contributed by atoms with van der Waals surface area (Å²) < 4.78 is 33.0. The van der Waals surface area contributed by atoms with Crippen LogP contribution < -0.4 is 10.1 Å². The van der Waals surface area contributed by atoms with Gasteiger partial charge in [0.25, 0.3) is 5.88 Å². The highest BCUT2D eigenvalue weighted by atomic mass is 19.1. The van der Waals surface area contributed by atoms with Gasteiger partial charge in [-0.15, -0.1) is 0 Å². The summed E-state index contributed by atoms with van der Waals surface area (Å²) >= 11 is 0. The smallest absolute Gasteiger partial charge is 0.258 e. The van der Waals surface area contributed by atoms with Gasteiger partial charge in [0.2, 0.25) is 0 Å². The summed E-state index contributed by atoms with van der Waals surface area (Å²) in [5.74, 6) is -1.26. The average Bonchev–Trinajstić information content (AvgIpc) is 2.44. The highest BCUT2D eigenvalue weighted by Gasteiger charge is 2.16. The van der Waals surface area contributed by atoms with E-state index in [1.54, 1.807) is 6.92 Å². The van der Waals surface area contributed by atoms with E-state index in [0.717, 1.165) is 22.8 Å². The Kier molecular flexibility index (Phi) is 4.40. The molecule has 0 amide bonds. The summed E-state index contributed by atoms with van der Waals surface area (Å²) in [4.78, 5) is 3.89. The highest BCUT2D eigenvalue weighted by Crippen LogP contribution is 2.32. The molecule has 0 radical (unpaired) electrons. The van der Waals surface area contributed by atoms with Gasteiger partial charge in [0.15, 0.2) is 17.5 Å². The number of anilines is 1. The van der Waals surface area contributed by atoms with Gasteiger partial charge in [0.05, 0.1) is 0 Å². The predicted octanol–water partition coefficient (Wildman–Crippen LogP) is 4.51. The number of aryl methyl sites for hydroxylation is 2. The molecule has 1 aromatic carbocycles. The van der Waals surface area contributed by atoms with Crippen LogP contribution in [0.3, 0.4) is 0 Å². The molecule has 0 saturated heterocycles. The molecular formula is C16H18F2N2O. The van der Waals surface area contributed by atoms with Crippen LogP contribution in [0.2, 0.25) is 0 Å². The van der Waals surface area contributed by atoms with Crippen molar-refractivity contribution in [1.29, 1.82) is 0 Å². The Bertz CT molecular complexity index is 672. The lowest BCUT2D eigenvalue weighted by atomic mass is 10.1. The number of halogens is 2. The van der Waals surface area contributed by atoms with Crippen LogP contribution in [-0.4, -0.2) is 11.5 Å². The maximum atomic E-state index is 13.9. The van der Waals surface area contributed by atoms with Gasteiger partial charge < -0.3 is 10.1 Å². The topological polar surface area (TPSA) is 34.2 Å². The molecule has 2 rings (SSSR count). The molecule has 0 atom stereocenters. The summed E-state index contributed by atoms with van der Waals surface area (Å²) in [6, 6.07) is 4.64. The van der Waals surface area contributed by atoms with E-state index in [0.29, 0.717) is 12.3 Å². The first-order valence-corrected chi connectivity index (χ1v) is 6.78. The van der Waals surface area contributed by atoms with E-state index in [1.165, 1.54) is 0 Å². The number of nitrogens with one attached hydrogen (secondary N) is 1. The van der Waals surface area contributed by atoms with E-state index in [9.17, 15) is 8.78 Å². The van der Waals surface area contributed by atoms with Gasteiger partial charge in [-0.3, -0.25) is 0 Å². The molecule has 1 N–H and O–H groups in total. The predicted molar refractivity (Wildman–Crippen MR) is 79.0 cm³/mol. The molecule has 112 valence electrons. The van der Waals surface area contributed by atoms with E-state index >= 15 is 0 Å². The minimum Gasteiger partial charge on any atom is -0.436 e. The van der Waals surface area contributed by atoms with Crippen LogP contribution >= 0.6 is 0 Å². The first-order valence-electron chi connectivity index (χ1n) is 6.78. The van der Waals surface area contributed by atoms with Crippen LogP contribution in [0.5, 0.6) is 11.6 Å². The Morgan fingerprint density at radius 2 is 1.76 bits per heavy atom. The standard InChI is InChI=1S/C16H18F2N2O/c1-5-19-15-12(17)8-13(18)16(20-15)21-14-10(3)7-6-9(2)11(14)4/h6-8H,5H2,1-4H3,(H,19,20). The molecule has 21 heavy (non-hydrogen) atoms.